The number of benzene rings is 2. The van der Waals surface area contributed by atoms with Crippen molar-refractivity contribution in [3.8, 4) is 5.75 Å². The topological polar surface area (TPSA) is 92.2 Å². The summed E-state index contributed by atoms with van der Waals surface area (Å²) in [5, 5.41) is 13.8. The molecule has 0 saturated carbocycles. The molecule has 1 atom stereocenters. The number of tetrazole rings is 1. The van der Waals surface area contributed by atoms with Gasteiger partial charge in [-0.05, 0) is 67.3 Å². The van der Waals surface area contributed by atoms with Crippen molar-refractivity contribution in [1.82, 2.24) is 30.1 Å². The van der Waals surface area contributed by atoms with Gasteiger partial charge in [0, 0.05) is 31.7 Å². The molecule has 9 nitrogen and oxygen atoms in total. The van der Waals surface area contributed by atoms with Crippen LogP contribution in [0.1, 0.15) is 43.8 Å². The van der Waals surface area contributed by atoms with Crippen LogP contribution in [0.25, 0.3) is 10.9 Å². The molecule has 1 fully saturated rings. The van der Waals surface area contributed by atoms with E-state index in [-0.39, 0.29) is 17.1 Å². The number of nitrogens with one attached hydrogen (secondary N) is 1. The van der Waals surface area contributed by atoms with Crippen LogP contribution < -0.4 is 15.2 Å². The van der Waals surface area contributed by atoms with Gasteiger partial charge in [0.1, 0.15) is 11.8 Å². The molecule has 0 radical (unpaired) electrons. The first kappa shape index (κ1) is 24.0. The van der Waals surface area contributed by atoms with Crippen LogP contribution in [0.3, 0.4) is 0 Å². The largest absolute Gasteiger partial charge is 0.495 e. The average molecular weight is 488 g/mol. The highest BCUT2D eigenvalue weighted by Crippen LogP contribution is 2.33. The van der Waals surface area contributed by atoms with Gasteiger partial charge in [0.2, 0.25) is 0 Å². The van der Waals surface area contributed by atoms with Gasteiger partial charge < -0.3 is 14.6 Å². The minimum Gasteiger partial charge on any atom is -0.495 e. The van der Waals surface area contributed by atoms with Gasteiger partial charge in [-0.3, -0.25) is 9.69 Å². The van der Waals surface area contributed by atoms with Crippen molar-refractivity contribution in [3.63, 3.8) is 0 Å². The Morgan fingerprint density at radius 1 is 1.03 bits per heavy atom. The lowest BCUT2D eigenvalue weighted by atomic mass is 10.00. The van der Waals surface area contributed by atoms with Crippen LogP contribution in [-0.4, -0.2) is 63.4 Å². The second-order valence-corrected chi connectivity index (χ2v) is 10.3. The Bertz CT molecular complexity index is 1430. The van der Waals surface area contributed by atoms with Crippen molar-refractivity contribution < 1.29 is 4.74 Å². The molecule has 1 aliphatic rings. The Balaban J connectivity index is 1.56. The van der Waals surface area contributed by atoms with Gasteiger partial charge in [0.15, 0.2) is 5.82 Å². The van der Waals surface area contributed by atoms with Gasteiger partial charge in [-0.15, -0.1) is 5.10 Å². The van der Waals surface area contributed by atoms with E-state index in [4.69, 9.17) is 4.74 Å². The summed E-state index contributed by atoms with van der Waals surface area (Å²) in [4.78, 5) is 21.3. The molecule has 4 aromatic rings. The Labute approximate surface area is 210 Å². The summed E-state index contributed by atoms with van der Waals surface area (Å²) in [5.74, 6) is 1.53. The molecule has 9 heteroatoms. The third-order valence-corrected chi connectivity index (χ3v) is 6.89. The lowest BCUT2D eigenvalue weighted by molar-refractivity contribution is 0.190. The van der Waals surface area contributed by atoms with Gasteiger partial charge in [-0.25, -0.2) is 4.68 Å². The summed E-state index contributed by atoms with van der Waals surface area (Å²) in [7, 11) is 1.70. The van der Waals surface area contributed by atoms with Crippen molar-refractivity contribution in [2.24, 2.45) is 0 Å². The molecule has 2 aromatic carbocycles. The first-order valence-corrected chi connectivity index (χ1v) is 12.3. The summed E-state index contributed by atoms with van der Waals surface area (Å²) in [6.07, 6.45) is 0. The fourth-order valence-corrected chi connectivity index (χ4v) is 5.06. The first-order valence-electron chi connectivity index (χ1n) is 12.3. The minimum atomic E-state index is -0.382. The average Bonchev–Trinajstić information content (AvgIpc) is 3.36. The van der Waals surface area contributed by atoms with E-state index in [9.17, 15) is 4.79 Å². The number of aromatic amines is 1. The fourth-order valence-electron chi connectivity index (χ4n) is 5.06. The number of pyridine rings is 1. The van der Waals surface area contributed by atoms with E-state index in [1.807, 2.05) is 54.1 Å². The normalized spacial score (nSPS) is 15.9. The quantitative estimate of drug-likeness (QED) is 0.461. The van der Waals surface area contributed by atoms with E-state index < -0.39 is 0 Å². The van der Waals surface area contributed by atoms with E-state index >= 15 is 0 Å². The fraction of sp³-hybridized carbons (Fsp3) is 0.407. The maximum Gasteiger partial charge on any atom is 0.253 e. The standard InChI is InChI=1S/C27H33N7O2/c1-18-9-8-10-19-17-20(26(35)28-23(18)19)24(25-29-30-31-34(25)27(2,3)4)33-15-13-32(14-16-33)21-11-6-7-12-22(21)36-5/h6-12,17,24H,13-16H2,1-5H3,(H,28,35)/t24-/m1/s1. The van der Waals surface area contributed by atoms with Gasteiger partial charge in [0.05, 0.1) is 23.9 Å². The molecule has 0 aliphatic carbocycles. The molecule has 0 spiro atoms. The SMILES string of the molecule is COc1ccccc1N1CCN([C@H](c2cc3cccc(C)c3[nH]c2=O)c2nnnn2C(C)(C)C)CC1. The highest BCUT2D eigenvalue weighted by atomic mass is 16.5. The third kappa shape index (κ3) is 4.35. The van der Waals surface area contributed by atoms with Crippen molar-refractivity contribution >= 4 is 16.6 Å². The molecule has 3 heterocycles. The number of aromatic nitrogens is 5. The molecule has 36 heavy (non-hydrogen) atoms. The summed E-state index contributed by atoms with van der Waals surface area (Å²) < 4.78 is 7.43. The number of ether oxygens (including phenoxy) is 1. The molecule has 1 saturated heterocycles. The maximum absolute atomic E-state index is 13.5. The van der Waals surface area contributed by atoms with Crippen LogP contribution >= 0.6 is 0 Å². The molecule has 5 rings (SSSR count). The maximum atomic E-state index is 13.5. The minimum absolute atomic E-state index is 0.114. The number of rotatable bonds is 5. The van der Waals surface area contributed by atoms with E-state index in [0.717, 1.165) is 54.1 Å². The molecule has 2 aromatic heterocycles. The van der Waals surface area contributed by atoms with Gasteiger partial charge in [-0.1, -0.05) is 30.3 Å². The number of nitrogens with zero attached hydrogens (tertiary/aromatic N) is 6. The number of fused-ring (bicyclic) bond motifs is 1. The van der Waals surface area contributed by atoms with Crippen molar-refractivity contribution in [1.29, 1.82) is 0 Å². The van der Waals surface area contributed by atoms with E-state index in [1.165, 1.54) is 0 Å². The zero-order valence-corrected chi connectivity index (χ0v) is 21.5. The number of anilines is 1. The highest BCUT2D eigenvalue weighted by molar-refractivity contribution is 5.82. The first-order chi connectivity index (χ1) is 17.3. The van der Waals surface area contributed by atoms with Gasteiger partial charge >= 0.3 is 0 Å². The Morgan fingerprint density at radius 2 is 1.78 bits per heavy atom. The van der Waals surface area contributed by atoms with Crippen LogP contribution in [0.15, 0.2) is 53.3 Å². The third-order valence-electron chi connectivity index (χ3n) is 6.89. The Hall–Kier alpha value is -3.72. The van der Waals surface area contributed by atoms with Gasteiger partial charge in [-0.2, -0.15) is 0 Å². The molecule has 0 amide bonds. The molecule has 1 N–H and O–H groups in total. The predicted octanol–water partition coefficient (Wildman–Crippen LogP) is 3.50. The van der Waals surface area contributed by atoms with Gasteiger partial charge in [0.25, 0.3) is 5.56 Å². The zero-order valence-electron chi connectivity index (χ0n) is 21.5. The summed E-state index contributed by atoms with van der Waals surface area (Å²) in [6.45, 7) is 11.3. The molecule has 1 aliphatic heterocycles. The second-order valence-electron chi connectivity index (χ2n) is 10.3. The lowest BCUT2D eigenvalue weighted by Gasteiger charge is -2.40. The number of methoxy groups -OCH3 is 1. The van der Waals surface area contributed by atoms with Crippen molar-refractivity contribution in [2.45, 2.75) is 39.3 Å². The van der Waals surface area contributed by atoms with Crippen molar-refractivity contribution in [2.75, 3.05) is 38.2 Å². The zero-order chi connectivity index (χ0) is 25.4. The predicted molar refractivity (Wildman–Crippen MR) is 141 cm³/mol. The molecular formula is C27H33N7O2. The molecule has 188 valence electrons. The van der Waals surface area contributed by atoms with E-state index in [2.05, 4.69) is 57.1 Å². The van der Waals surface area contributed by atoms with E-state index in [0.29, 0.717) is 11.4 Å². The highest BCUT2D eigenvalue weighted by Gasteiger charge is 2.35. The number of hydrogen-bond donors (Lipinski definition) is 1. The second kappa shape index (κ2) is 9.39. The van der Waals surface area contributed by atoms with Crippen LogP contribution in [0.2, 0.25) is 0 Å². The van der Waals surface area contributed by atoms with Crippen LogP contribution in [0, 0.1) is 6.92 Å². The smallest absolute Gasteiger partial charge is 0.253 e. The van der Waals surface area contributed by atoms with Crippen LogP contribution in [-0.2, 0) is 5.54 Å². The number of hydrogen-bond acceptors (Lipinski definition) is 7. The molecule has 0 bridgehead atoms. The Kier molecular flexibility index (Phi) is 6.26. The summed E-state index contributed by atoms with van der Waals surface area (Å²) in [5.41, 5.74) is 3.18. The van der Waals surface area contributed by atoms with E-state index in [1.54, 1.807) is 7.11 Å². The number of H-pyrrole nitrogens is 1. The molecule has 0 unspecified atom stereocenters. The lowest BCUT2D eigenvalue weighted by Crippen LogP contribution is -2.49. The summed E-state index contributed by atoms with van der Waals surface area (Å²) in [6, 6.07) is 15.8. The monoisotopic (exact) mass is 487 g/mol. The van der Waals surface area contributed by atoms with Crippen LogP contribution in [0.5, 0.6) is 5.75 Å². The van der Waals surface area contributed by atoms with Crippen LogP contribution in [0.4, 0.5) is 5.69 Å². The number of piperazine rings is 1. The summed E-state index contributed by atoms with van der Waals surface area (Å²) >= 11 is 0. The number of para-hydroxylation sites is 3. The Morgan fingerprint density at radius 3 is 2.50 bits per heavy atom. The number of aryl methyl sites for hydroxylation is 1. The molecular weight excluding hydrogens is 454 g/mol. The van der Waals surface area contributed by atoms with Crippen molar-refractivity contribution in [3.05, 3.63) is 75.8 Å².